The number of piperidine rings is 1. The second kappa shape index (κ2) is 11.3. The quantitative estimate of drug-likeness (QED) is 0.401. The lowest BCUT2D eigenvalue weighted by Gasteiger charge is -2.47. The van der Waals surface area contributed by atoms with Crippen LogP contribution >= 0.6 is 34.8 Å². The highest BCUT2D eigenvalue weighted by molar-refractivity contribution is 6.34. The molecule has 1 atom stereocenters. The Bertz CT molecular complexity index is 1330. The molecule has 0 saturated carbocycles. The summed E-state index contributed by atoms with van der Waals surface area (Å²) in [5.41, 5.74) is 0.468. The molecule has 1 amide bonds. The van der Waals surface area contributed by atoms with E-state index in [0.29, 0.717) is 41.7 Å². The van der Waals surface area contributed by atoms with Crippen molar-refractivity contribution in [1.82, 2.24) is 34.9 Å². The fourth-order valence-corrected chi connectivity index (χ4v) is 5.81. The second-order valence-corrected chi connectivity index (χ2v) is 10.4. The number of pyridine rings is 1. The molecule has 2 fully saturated rings. The summed E-state index contributed by atoms with van der Waals surface area (Å²) in [4.78, 5) is 32.1. The lowest BCUT2D eigenvalue weighted by atomic mass is 9.97. The van der Waals surface area contributed by atoms with Gasteiger partial charge in [-0.05, 0) is 25.3 Å². The molecule has 0 aliphatic carbocycles. The largest absolute Gasteiger partial charge is 0.420 e. The average molecular weight is 584 g/mol. The van der Waals surface area contributed by atoms with Gasteiger partial charge in [-0.2, -0.15) is 0 Å². The molecule has 0 aromatic carbocycles. The number of piperazine rings is 1. The van der Waals surface area contributed by atoms with Crippen molar-refractivity contribution in [2.45, 2.75) is 45.2 Å². The zero-order valence-electron chi connectivity index (χ0n) is 20.9. The summed E-state index contributed by atoms with van der Waals surface area (Å²) >= 11 is 18.3. The first-order valence-corrected chi connectivity index (χ1v) is 13.5. The van der Waals surface area contributed by atoms with Gasteiger partial charge in [-0.15, -0.1) is 10.2 Å². The molecule has 0 N–H and O–H groups in total. The zero-order chi connectivity index (χ0) is 27.0. The zero-order valence-corrected chi connectivity index (χ0v) is 23.1. The molecule has 3 aromatic rings. The molecular weight excluding hydrogens is 558 g/mol. The van der Waals surface area contributed by atoms with Crippen molar-refractivity contribution in [2.24, 2.45) is 0 Å². The fourth-order valence-electron chi connectivity index (χ4n) is 5.15. The molecule has 2 saturated heterocycles. The van der Waals surface area contributed by atoms with Crippen LogP contribution in [0.4, 0.5) is 10.2 Å². The van der Waals surface area contributed by atoms with Gasteiger partial charge in [0.25, 0.3) is 11.8 Å². The number of likely N-dealkylation sites (tertiary alicyclic amines) is 1. The summed E-state index contributed by atoms with van der Waals surface area (Å²) in [6, 6.07) is 1.67. The maximum atomic E-state index is 13.9. The van der Waals surface area contributed by atoms with E-state index in [0.717, 1.165) is 45.0 Å². The first-order valence-electron chi connectivity index (χ1n) is 12.4. The van der Waals surface area contributed by atoms with E-state index in [1.807, 2.05) is 0 Å². The van der Waals surface area contributed by atoms with Crippen molar-refractivity contribution >= 4 is 46.5 Å². The second-order valence-electron chi connectivity index (χ2n) is 9.36. The van der Waals surface area contributed by atoms with Crippen LogP contribution in [0, 0.1) is 12.7 Å². The van der Waals surface area contributed by atoms with Gasteiger partial charge >= 0.3 is 0 Å². The number of nitrogens with zero attached hydrogens (tertiary/aromatic N) is 8. The highest BCUT2D eigenvalue weighted by Crippen LogP contribution is 2.30. The van der Waals surface area contributed by atoms with Crippen LogP contribution in [-0.4, -0.2) is 85.7 Å². The number of anilines is 1. The third-order valence-corrected chi connectivity index (χ3v) is 7.90. The summed E-state index contributed by atoms with van der Waals surface area (Å²) in [7, 11) is 0. The lowest BCUT2D eigenvalue weighted by Crippen LogP contribution is -2.58. The van der Waals surface area contributed by atoms with Crippen molar-refractivity contribution in [2.75, 3.05) is 37.6 Å². The van der Waals surface area contributed by atoms with Crippen molar-refractivity contribution in [3.8, 4) is 11.6 Å². The number of hydrogen-bond acceptors (Lipinski definition) is 9. The highest BCUT2D eigenvalue weighted by atomic mass is 35.5. The van der Waals surface area contributed by atoms with Gasteiger partial charge in [0, 0.05) is 51.7 Å². The van der Waals surface area contributed by atoms with Crippen molar-refractivity contribution in [1.29, 1.82) is 0 Å². The molecule has 5 rings (SSSR count). The first kappa shape index (κ1) is 27.0. The van der Waals surface area contributed by atoms with E-state index in [-0.39, 0.29) is 33.7 Å². The predicted molar refractivity (Wildman–Crippen MR) is 141 cm³/mol. The van der Waals surface area contributed by atoms with Crippen molar-refractivity contribution in [3.63, 3.8) is 0 Å². The number of amides is 1. The Morgan fingerprint density at radius 2 is 1.84 bits per heavy atom. The van der Waals surface area contributed by atoms with E-state index in [1.165, 1.54) is 0 Å². The van der Waals surface area contributed by atoms with Crippen LogP contribution in [0.25, 0.3) is 11.6 Å². The van der Waals surface area contributed by atoms with E-state index in [9.17, 15) is 9.18 Å². The molecule has 38 heavy (non-hydrogen) atoms. The van der Waals surface area contributed by atoms with Crippen LogP contribution in [0.15, 0.2) is 16.7 Å². The minimum absolute atomic E-state index is 0.0327. The Kier molecular flexibility index (Phi) is 7.99. The van der Waals surface area contributed by atoms with Gasteiger partial charge < -0.3 is 14.2 Å². The molecular formula is C24H26Cl3FN8O2. The van der Waals surface area contributed by atoms with Gasteiger partial charge in [0.2, 0.25) is 5.89 Å². The maximum absolute atomic E-state index is 13.9. The molecule has 202 valence electrons. The molecule has 2 aliphatic heterocycles. The van der Waals surface area contributed by atoms with E-state index >= 15 is 0 Å². The Hall–Kier alpha value is -2.60. The molecule has 0 radical (unpaired) electrons. The fraction of sp³-hybridized carbons (Fsp3) is 0.500. The van der Waals surface area contributed by atoms with E-state index < -0.39 is 5.82 Å². The minimum atomic E-state index is -0.762. The summed E-state index contributed by atoms with van der Waals surface area (Å²) in [6.07, 6.45) is 4.17. The number of aromatic nitrogens is 5. The maximum Gasteiger partial charge on any atom is 0.267 e. The number of carbonyl (C=O) groups excluding carboxylic acids is 1. The molecule has 14 heteroatoms. The van der Waals surface area contributed by atoms with E-state index in [1.54, 1.807) is 18.0 Å². The van der Waals surface area contributed by atoms with Crippen LogP contribution in [0.1, 0.15) is 42.4 Å². The average Bonchev–Trinajstić information content (AvgIpc) is 3.36. The third-order valence-electron chi connectivity index (χ3n) is 7.09. The van der Waals surface area contributed by atoms with Crippen LogP contribution in [-0.2, 0) is 0 Å². The van der Waals surface area contributed by atoms with Crippen LogP contribution in [0.3, 0.4) is 0 Å². The molecule has 2 aliphatic rings. The first-order chi connectivity index (χ1) is 18.2. The highest BCUT2D eigenvalue weighted by Gasteiger charge is 2.35. The summed E-state index contributed by atoms with van der Waals surface area (Å²) in [6.45, 7) is 7.31. The van der Waals surface area contributed by atoms with E-state index in [2.05, 4.69) is 41.9 Å². The van der Waals surface area contributed by atoms with Crippen molar-refractivity contribution in [3.05, 3.63) is 45.0 Å². The predicted octanol–water partition coefficient (Wildman–Crippen LogP) is 4.53. The minimum Gasteiger partial charge on any atom is -0.420 e. The molecule has 5 heterocycles. The van der Waals surface area contributed by atoms with Gasteiger partial charge in [0.15, 0.2) is 21.9 Å². The van der Waals surface area contributed by atoms with Crippen LogP contribution in [0.5, 0.6) is 0 Å². The summed E-state index contributed by atoms with van der Waals surface area (Å²) < 4.78 is 19.3. The Balaban J connectivity index is 1.21. The summed E-state index contributed by atoms with van der Waals surface area (Å²) in [5, 5.41) is 7.66. The molecule has 3 aromatic heterocycles. The number of aryl methyl sites for hydroxylation is 1. The number of halogens is 4. The van der Waals surface area contributed by atoms with Gasteiger partial charge in [-0.25, -0.2) is 19.3 Å². The number of carbonyl (C=O) groups is 1. The SMILES string of the molecule is CC[C@H]1CN(c2ncc(-c3nnc(C)o3)nc2Cl)CCN1C1CCN(C(=O)c2cc(F)c(Cl)nc2Cl)CC1. The standard InChI is InChI=1S/C24H26Cl3FN8O2/c1-3-14-12-35(22-21(27)30-18(11-29-22)23-33-32-13(2)38-23)8-9-36(14)15-4-6-34(7-5-15)24(37)16-10-17(28)20(26)31-19(16)25/h10-11,14-15H,3-9,12H2,1-2H3/t14-/m0/s1. The van der Waals surface area contributed by atoms with Gasteiger partial charge in [-0.1, -0.05) is 41.7 Å². The Morgan fingerprint density at radius 1 is 1.08 bits per heavy atom. The number of rotatable bonds is 5. The normalized spacial score (nSPS) is 19.3. The number of hydrogen-bond donors (Lipinski definition) is 0. The topological polar surface area (TPSA) is 104 Å². The smallest absolute Gasteiger partial charge is 0.267 e. The van der Waals surface area contributed by atoms with Gasteiger partial charge in [-0.3, -0.25) is 9.69 Å². The molecule has 0 unspecified atom stereocenters. The Morgan fingerprint density at radius 3 is 2.50 bits per heavy atom. The van der Waals surface area contributed by atoms with Crippen LogP contribution < -0.4 is 4.90 Å². The van der Waals surface area contributed by atoms with Crippen molar-refractivity contribution < 1.29 is 13.6 Å². The summed E-state index contributed by atoms with van der Waals surface area (Å²) in [5.74, 6) is 0.261. The lowest BCUT2D eigenvalue weighted by molar-refractivity contribution is 0.0490. The van der Waals surface area contributed by atoms with Gasteiger partial charge in [0.1, 0.15) is 10.8 Å². The molecule has 0 bridgehead atoms. The molecule has 10 nitrogen and oxygen atoms in total. The molecule has 0 spiro atoms. The Labute approximate surface area is 234 Å². The third kappa shape index (κ3) is 5.42. The van der Waals surface area contributed by atoms with E-state index in [4.69, 9.17) is 39.2 Å². The monoisotopic (exact) mass is 582 g/mol. The van der Waals surface area contributed by atoms with Gasteiger partial charge in [0.05, 0.1) is 11.8 Å². The van der Waals surface area contributed by atoms with Crippen LogP contribution in [0.2, 0.25) is 15.5 Å².